The number of halogens is 3. The van der Waals surface area contributed by atoms with Gasteiger partial charge in [0.25, 0.3) is 0 Å². The number of fused-ring (bicyclic) bond motifs is 1. The number of rotatable bonds is 1. The van der Waals surface area contributed by atoms with Crippen LogP contribution >= 0.6 is 0 Å². The quantitative estimate of drug-likeness (QED) is 0.690. The number of para-hydroxylation sites is 1. The van der Waals surface area contributed by atoms with Gasteiger partial charge in [-0.1, -0.05) is 18.2 Å². The largest absolute Gasteiger partial charge is 0.433 e. The van der Waals surface area contributed by atoms with E-state index in [9.17, 15) is 13.2 Å². The monoisotopic (exact) mass is 302 g/mol. The van der Waals surface area contributed by atoms with E-state index in [1.165, 1.54) is 4.68 Å². The lowest BCUT2D eigenvalue weighted by Gasteiger charge is -2.08. The molecule has 0 spiro atoms. The number of alkyl halides is 3. The summed E-state index contributed by atoms with van der Waals surface area (Å²) in [5.41, 5.74) is -0.131. The van der Waals surface area contributed by atoms with Crippen LogP contribution in [0.4, 0.5) is 13.2 Å². The summed E-state index contributed by atoms with van der Waals surface area (Å²) in [4.78, 5) is 3.68. The summed E-state index contributed by atoms with van der Waals surface area (Å²) in [6.45, 7) is 1.64. The SMILES string of the molecule is Cc1nn(-c2ccccc2)c2nc(C(F)(F)F)cc(C#N)c12. The molecule has 0 radical (unpaired) electrons. The van der Waals surface area contributed by atoms with Gasteiger partial charge < -0.3 is 0 Å². The molecular formula is C15H9F3N4. The van der Waals surface area contributed by atoms with Crippen LogP contribution in [0.3, 0.4) is 0 Å². The number of aromatic nitrogens is 3. The first-order valence-electron chi connectivity index (χ1n) is 6.35. The summed E-state index contributed by atoms with van der Waals surface area (Å²) in [5.74, 6) is 0. The highest BCUT2D eigenvalue weighted by Crippen LogP contribution is 2.32. The lowest BCUT2D eigenvalue weighted by atomic mass is 10.1. The van der Waals surface area contributed by atoms with Crippen molar-refractivity contribution < 1.29 is 13.2 Å². The predicted octanol–water partition coefficient (Wildman–Crippen LogP) is 3.62. The molecule has 0 aliphatic carbocycles. The molecule has 3 rings (SSSR count). The molecule has 0 unspecified atom stereocenters. The average molecular weight is 302 g/mol. The molecule has 0 saturated carbocycles. The van der Waals surface area contributed by atoms with Gasteiger partial charge in [0.1, 0.15) is 11.8 Å². The lowest BCUT2D eigenvalue weighted by Crippen LogP contribution is -2.10. The number of hydrogen-bond donors (Lipinski definition) is 0. The zero-order chi connectivity index (χ0) is 15.9. The highest BCUT2D eigenvalue weighted by atomic mass is 19.4. The van der Waals surface area contributed by atoms with Crippen molar-refractivity contribution >= 4 is 11.0 Å². The third-order valence-electron chi connectivity index (χ3n) is 3.22. The van der Waals surface area contributed by atoms with Crippen LogP contribution in [-0.2, 0) is 6.18 Å². The summed E-state index contributed by atoms with van der Waals surface area (Å²) in [6.07, 6.45) is -4.63. The molecule has 2 heterocycles. The third-order valence-corrected chi connectivity index (χ3v) is 3.22. The third kappa shape index (κ3) is 2.19. The Balaban J connectivity index is 2.39. The van der Waals surface area contributed by atoms with E-state index < -0.39 is 11.9 Å². The van der Waals surface area contributed by atoms with Crippen molar-refractivity contribution in [3.63, 3.8) is 0 Å². The molecule has 4 nitrogen and oxygen atoms in total. The zero-order valence-electron chi connectivity index (χ0n) is 11.4. The first kappa shape index (κ1) is 14.1. The van der Waals surface area contributed by atoms with Crippen LogP contribution in [0.5, 0.6) is 0 Å². The summed E-state index contributed by atoms with van der Waals surface area (Å²) >= 11 is 0. The van der Waals surface area contributed by atoms with E-state index >= 15 is 0 Å². The molecule has 7 heteroatoms. The first-order chi connectivity index (χ1) is 10.4. The van der Waals surface area contributed by atoms with Gasteiger partial charge in [0, 0.05) is 0 Å². The molecule has 3 aromatic rings. The van der Waals surface area contributed by atoms with Crippen LogP contribution in [0, 0.1) is 18.3 Å². The van der Waals surface area contributed by atoms with Crippen molar-refractivity contribution in [1.29, 1.82) is 5.26 Å². The van der Waals surface area contributed by atoms with E-state index in [-0.39, 0.29) is 11.2 Å². The van der Waals surface area contributed by atoms with Crippen molar-refractivity contribution in [2.75, 3.05) is 0 Å². The fourth-order valence-electron chi connectivity index (χ4n) is 2.27. The summed E-state index contributed by atoms with van der Waals surface area (Å²) in [6, 6.07) is 11.3. The van der Waals surface area contributed by atoms with Gasteiger partial charge in [-0.3, -0.25) is 0 Å². The predicted molar refractivity (Wildman–Crippen MR) is 73.3 cm³/mol. The van der Waals surface area contributed by atoms with E-state index in [0.29, 0.717) is 16.8 Å². The topological polar surface area (TPSA) is 54.5 Å². The molecular weight excluding hydrogens is 293 g/mol. The minimum absolute atomic E-state index is 0.0232. The van der Waals surface area contributed by atoms with Gasteiger partial charge in [0.05, 0.1) is 22.3 Å². The molecule has 1 aromatic carbocycles. The molecule has 0 fully saturated rings. The van der Waals surface area contributed by atoms with Crippen LogP contribution in [0.25, 0.3) is 16.7 Å². The van der Waals surface area contributed by atoms with Gasteiger partial charge in [0.15, 0.2) is 5.65 Å². The maximum atomic E-state index is 13.0. The Labute approximate surface area is 123 Å². The van der Waals surface area contributed by atoms with E-state index in [1.807, 2.05) is 0 Å². The van der Waals surface area contributed by atoms with Crippen LogP contribution in [0.2, 0.25) is 0 Å². The fourth-order valence-corrected chi connectivity index (χ4v) is 2.27. The van der Waals surface area contributed by atoms with Crippen molar-refractivity contribution in [3.05, 3.63) is 53.3 Å². The molecule has 0 bridgehead atoms. The van der Waals surface area contributed by atoms with Gasteiger partial charge in [-0.2, -0.15) is 23.5 Å². The van der Waals surface area contributed by atoms with E-state index in [4.69, 9.17) is 5.26 Å². The Bertz CT molecular complexity index is 889. The second-order valence-electron chi connectivity index (χ2n) is 4.70. The first-order valence-corrected chi connectivity index (χ1v) is 6.35. The van der Waals surface area contributed by atoms with Crippen molar-refractivity contribution in [2.45, 2.75) is 13.1 Å². The molecule has 0 atom stereocenters. The molecule has 0 aliphatic heterocycles. The van der Waals surface area contributed by atoms with E-state index in [1.54, 1.807) is 43.3 Å². The molecule has 110 valence electrons. The fraction of sp³-hybridized carbons (Fsp3) is 0.133. The van der Waals surface area contributed by atoms with Gasteiger partial charge in [0.2, 0.25) is 0 Å². The molecule has 0 aliphatic rings. The number of hydrogen-bond acceptors (Lipinski definition) is 3. The van der Waals surface area contributed by atoms with Crippen molar-refractivity contribution in [3.8, 4) is 11.8 Å². The minimum atomic E-state index is -4.63. The number of pyridine rings is 1. The standard InChI is InChI=1S/C15H9F3N4/c1-9-13-10(8-19)7-12(15(16,17)18)20-14(13)22(21-9)11-5-3-2-4-6-11/h2-7H,1H3. The minimum Gasteiger partial charge on any atom is -0.223 e. The van der Waals surface area contributed by atoms with Gasteiger partial charge in [-0.25, -0.2) is 9.67 Å². The van der Waals surface area contributed by atoms with Gasteiger partial charge >= 0.3 is 6.18 Å². The van der Waals surface area contributed by atoms with Gasteiger partial charge in [-0.15, -0.1) is 0 Å². The molecule has 0 saturated heterocycles. The average Bonchev–Trinajstić information content (AvgIpc) is 2.84. The highest BCUT2D eigenvalue weighted by Gasteiger charge is 2.34. The number of nitrogens with zero attached hydrogens (tertiary/aromatic N) is 4. The Morgan fingerprint density at radius 1 is 1.18 bits per heavy atom. The van der Waals surface area contributed by atoms with Crippen LogP contribution < -0.4 is 0 Å². The lowest BCUT2D eigenvalue weighted by molar-refractivity contribution is -0.141. The Morgan fingerprint density at radius 2 is 1.86 bits per heavy atom. The Hall–Kier alpha value is -2.88. The Kier molecular flexibility index (Phi) is 3.10. The summed E-state index contributed by atoms with van der Waals surface area (Å²) in [7, 11) is 0. The normalized spacial score (nSPS) is 11.6. The van der Waals surface area contributed by atoms with E-state index in [0.717, 1.165) is 6.07 Å². The smallest absolute Gasteiger partial charge is 0.223 e. The summed E-state index contributed by atoms with van der Waals surface area (Å²) in [5, 5.41) is 13.7. The van der Waals surface area contributed by atoms with E-state index in [2.05, 4.69) is 10.1 Å². The number of nitriles is 1. The molecule has 0 N–H and O–H groups in total. The second-order valence-corrected chi connectivity index (χ2v) is 4.70. The summed E-state index contributed by atoms with van der Waals surface area (Å²) < 4.78 is 40.2. The van der Waals surface area contributed by atoms with Gasteiger partial charge in [-0.05, 0) is 25.1 Å². The van der Waals surface area contributed by atoms with Crippen molar-refractivity contribution in [1.82, 2.24) is 14.8 Å². The van der Waals surface area contributed by atoms with Crippen LogP contribution in [0.15, 0.2) is 36.4 Å². The number of aryl methyl sites for hydroxylation is 1. The maximum Gasteiger partial charge on any atom is 0.433 e. The zero-order valence-corrected chi connectivity index (χ0v) is 11.4. The van der Waals surface area contributed by atoms with Crippen LogP contribution in [0.1, 0.15) is 17.0 Å². The second kappa shape index (κ2) is 4.84. The Morgan fingerprint density at radius 3 is 2.45 bits per heavy atom. The number of benzene rings is 1. The maximum absolute atomic E-state index is 13.0. The van der Waals surface area contributed by atoms with Crippen molar-refractivity contribution in [2.24, 2.45) is 0 Å². The highest BCUT2D eigenvalue weighted by molar-refractivity contribution is 5.86. The molecule has 22 heavy (non-hydrogen) atoms. The van der Waals surface area contributed by atoms with Crippen LogP contribution in [-0.4, -0.2) is 14.8 Å². The molecule has 2 aromatic heterocycles. The molecule has 0 amide bonds.